The van der Waals surface area contributed by atoms with Crippen LogP contribution in [0.15, 0.2) is 53.4 Å². The van der Waals surface area contributed by atoms with Crippen LogP contribution in [0, 0.1) is 5.82 Å². The van der Waals surface area contributed by atoms with E-state index in [-0.39, 0.29) is 23.7 Å². The Hall–Kier alpha value is -1.76. The number of aliphatic hydroxyl groups is 1. The highest BCUT2D eigenvalue weighted by Gasteiger charge is 2.15. The molecule has 6 heteroatoms. The Balaban J connectivity index is 1.92. The minimum atomic E-state index is -3.59. The highest BCUT2D eigenvalue weighted by atomic mass is 32.2. The van der Waals surface area contributed by atoms with Gasteiger partial charge in [-0.25, -0.2) is 17.5 Å². The van der Waals surface area contributed by atoms with Gasteiger partial charge in [-0.2, -0.15) is 0 Å². The minimum Gasteiger partial charge on any atom is -0.388 e. The van der Waals surface area contributed by atoms with Crippen LogP contribution in [0.4, 0.5) is 4.39 Å². The van der Waals surface area contributed by atoms with E-state index < -0.39 is 16.1 Å². The van der Waals surface area contributed by atoms with Gasteiger partial charge in [-0.05, 0) is 48.2 Å². The number of nitrogens with one attached hydrogen (secondary N) is 1. The highest BCUT2D eigenvalue weighted by Crippen LogP contribution is 2.17. The van der Waals surface area contributed by atoms with Gasteiger partial charge in [0.05, 0.1) is 11.0 Å². The molecule has 2 N–H and O–H groups in total. The van der Waals surface area contributed by atoms with E-state index in [2.05, 4.69) is 4.72 Å². The van der Waals surface area contributed by atoms with E-state index in [9.17, 15) is 17.9 Å². The quantitative estimate of drug-likeness (QED) is 0.816. The molecule has 0 aromatic heterocycles. The maximum absolute atomic E-state index is 12.8. The van der Waals surface area contributed by atoms with E-state index in [1.165, 1.54) is 24.3 Å². The second-order valence-electron chi connectivity index (χ2n) is 5.25. The zero-order valence-corrected chi connectivity index (χ0v) is 13.7. The molecule has 0 amide bonds. The Morgan fingerprint density at radius 1 is 1.09 bits per heavy atom. The molecule has 0 aliphatic heterocycles. The average Bonchev–Trinajstić information content (AvgIpc) is 2.55. The van der Waals surface area contributed by atoms with Crippen LogP contribution in [-0.2, 0) is 16.4 Å². The van der Waals surface area contributed by atoms with Crippen LogP contribution in [0.3, 0.4) is 0 Å². The average molecular weight is 337 g/mol. The Kier molecular flexibility index (Phi) is 5.87. The SMILES string of the molecule is CCc1ccc(S(=O)(=O)NCCC(O)c2ccc(F)cc2)cc1. The van der Waals surface area contributed by atoms with Crippen molar-refractivity contribution in [3.8, 4) is 0 Å². The number of rotatable bonds is 7. The Labute approximate surface area is 136 Å². The third kappa shape index (κ3) is 4.86. The van der Waals surface area contributed by atoms with Crippen LogP contribution >= 0.6 is 0 Å². The lowest BCUT2D eigenvalue weighted by atomic mass is 10.1. The molecule has 0 saturated heterocycles. The number of aryl methyl sites for hydroxylation is 1. The molecule has 2 rings (SSSR count). The van der Waals surface area contributed by atoms with Crippen LogP contribution in [0.1, 0.15) is 30.6 Å². The second-order valence-corrected chi connectivity index (χ2v) is 7.02. The summed E-state index contributed by atoms with van der Waals surface area (Å²) in [7, 11) is -3.59. The van der Waals surface area contributed by atoms with Gasteiger partial charge in [0, 0.05) is 6.54 Å². The van der Waals surface area contributed by atoms with Crippen LogP contribution in [-0.4, -0.2) is 20.1 Å². The van der Waals surface area contributed by atoms with Gasteiger partial charge in [0.25, 0.3) is 0 Å². The summed E-state index contributed by atoms with van der Waals surface area (Å²) in [4.78, 5) is 0.200. The van der Waals surface area contributed by atoms with E-state index in [4.69, 9.17) is 0 Å². The van der Waals surface area contributed by atoms with Crippen molar-refractivity contribution in [1.29, 1.82) is 0 Å². The van der Waals surface area contributed by atoms with Crippen molar-refractivity contribution in [2.45, 2.75) is 30.8 Å². The number of sulfonamides is 1. The van der Waals surface area contributed by atoms with Gasteiger partial charge in [0.2, 0.25) is 10.0 Å². The molecule has 0 saturated carbocycles. The van der Waals surface area contributed by atoms with Crippen LogP contribution in [0.25, 0.3) is 0 Å². The summed E-state index contributed by atoms with van der Waals surface area (Å²) in [5.74, 6) is -0.378. The Morgan fingerprint density at radius 2 is 1.70 bits per heavy atom. The minimum absolute atomic E-state index is 0.0937. The third-order valence-electron chi connectivity index (χ3n) is 3.61. The molecule has 2 aromatic carbocycles. The lowest BCUT2D eigenvalue weighted by molar-refractivity contribution is 0.169. The number of hydrogen-bond acceptors (Lipinski definition) is 3. The second kappa shape index (κ2) is 7.68. The summed E-state index contributed by atoms with van der Waals surface area (Å²) in [5.41, 5.74) is 1.62. The summed E-state index contributed by atoms with van der Waals surface area (Å²) in [5, 5.41) is 9.99. The molecule has 23 heavy (non-hydrogen) atoms. The number of aliphatic hydroxyl groups excluding tert-OH is 1. The molecule has 0 bridgehead atoms. The molecule has 2 aromatic rings. The zero-order chi connectivity index (χ0) is 16.9. The molecule has 0 heterocycles. The van der Waals surface area contributed by atoms with Crippen LogP contribution in [0.2, 0.25) is 0 Å². The molecule has 0 aliphatic carbocycles. The van der Waals surface area contributed by atoms with Crippen molar-refractivity contribution in [2.24, 2.45) is 0 Å². The largest absolute Gasteiger partial charge is 0.388 e. The molecule has 4 nitrogen and oxygen atoms in total. The van der Waals surface area contributed by atoms with Crippen LogP contribution in [0.5, 0.6) is 0 Å². The zero-order valence-electron chi connectivity index (χ0n) is 12.9. The Morgan fingerprint density at radius 3 is 2.26 bits per heavy atom. The van der Waals surface area contributed by atoms with E-state index in [0.29, 0.717) is 5.56 Å². The van der Waals surface area contributed by atoms with E-state index in [1.54, 1.807) is 24.3 Å². The predicted molar refractivity (Wildman–Crippen MR) is 87.0 cm³/mol. The molecule has 0 aliphatic rings. The first kappa shape index (κ1) is 17.6. The first-order valence-electron chi connectivity index (χ1n) is 7.44. The molecule has 1 atom stereocenters. The van der Waals surface area contributed by atoms with Gasteiger partial charge in [-0.3, -0.25) is 0 Å². The number of benzene rings is 2. The van der Waals surface area contributed by atoms with Crippen molar-refractivity contribution in [3.63, 3.8) is 0 Å². The summed E-state index contributed by atoms with van der Waals surface area (Å²) >= 11 is 0. The van der Waals surface area contributed by atoms with Gasteiger partial charge >= 0.3 is 0 Å². The molecule has 0 fully saturated rings. The van der Waals surface area contributed by atoms with Crippen molar-refractivity contribution in [2.75, 3.05) is 6.54 Å². The summed E-state index contributed by atoms with van der Waals surface area (Å²) < 4.78 is 39.6. The normalized spacial score (nSPS) is 13.0. The fourth-order valence-corrected chi connectivity index (χ4v) is 3.22. The summed E-state index contributed by atoms with van der Waals surface area (Å²) in [6.07, 6.45) is 0.205. The molecule has 1 unspecified atom stereocenters. The fourth-order valence-electron chi connectivity index (χ4n) is 2.17. The fraction of sp³-hybridized carbons (Fsp3) is 0.294. The maximum Gasteiger partial charge on any atom is 0.240 e. The molecule has 0 radical (unpaired) electrons. The Bertz CT molecular complexity index is 727. The summed E-state index contributed by atoms with van der Waals surface area (Å²) in [6, 6.07) is 12.2. The van der Waals surface area contributed by atoms with E-state index in [0.717, 1.165) is 12.0 Å². The lowest BCUT2D eigenvalue weighted by Crippen LogP contribution is -2.26. The van der Waals surface area contributed by atoms with Gasteiger partial charge in [0.1, 0.15) is 5.82 Å². The molecular formula is C17H20FNO3S. The molecule has 0 spiro atoms. The first-order chi connectivity index (χ1) is 10.9. The van der Waals surface area contributed by atoms with E-state index in [1.807, 2.05) is 6.92 Å². The van der Waals surface area contributed by atoms with Gasteiger partial charge in [0.15, 0.2) is 0 Å². The van der Waals surface area contributed by atoms with Gasteiger partial charge in [-0.1, -0.05) is 31.2 Å². The molecular weight excluding hydrogens is 317 g/mol. The monoisotopic (exact) mass is 337 g/mol. The van der Waals surface area contributed by atoms with Crippen molar-refractivity contribution in [1.82, 2.24) is 4.72 Å². The smallest absolute Gasteiger partial charge is 0.240 e. The lowest BCUT2D eigenvalue weighted by Gasteiger charge is -2.12. The maximum atomic E-state index is 12.8. The van der Waals surface area contributed by atoms with Crippen LogP contribution < -0.4 is 4.72 Å². The first-order valence-corrected chi connectivity index (χ1v) is 8.93. The van der Waals surface area contributed by atoms with Gasteiger partial charge in [-0.15, -0.1) is 0 Å². The summed E-state index contributed by atoms with van der Waals surface area (Å²) in [6.45, 7) is 2.09. The van der Waals surface area contributed by atoms with Gasteiger partial charge < -0.3 is 5.11 Å². The van der Waals surface area contributed by atoms with Crippen molar-refractivity contribution in [3.05, 3.63) is 65.5 Å². The van der Waals surface area contributed by atoms with Crippen molar-refractivity contribution >= 4 is 10.0 Å². The predicted octanol–water partition coefficient (Wildman–Crippen LogP) is 2.79. The van der Waals surface area contributed by atoms with Crippen molar-refractivity contribution < 1.29 is 17.9 Å². The topological polar surface area (TPSA) is 66.4 Å². The number of halogens is 1. The van der Waals surface area contributed by atoms with E-state index >= 15 is 0 Å². The highest BCUT2D eigenvalue weighted by molar-refractivity contribution is 7.89. The molecule has 124 valence electrons. The standard InChI is InChI=1S/C17H20FNO3S/c1-2-13-3-9-16(10-4-13)23(21,22)19-12-11-17(20)14-5-7-15(18)8-6-14/h3-10,17,19-20H,2,11-12H2,1H3. The number of hydrogen-bond donors (Lipinski definition) is 2. The third-order valence-corrected chi connectivity index (χ3v) is 5.08.